The first-order valence-corrected chi connectivity index (χ1v) is 7.79. The average molecular weight is 361 g/mol. The van der Waals surface area contributed by atoms with E-state index in [9.17, 15) is 9.59 Å². The summed E-state index contributed by atoms with van der Waals surface area (Å²) in [7, 11) is 0. The normalized spacial score (nSPS) is 10.0. The second kappa shape index (κ2) is 8.34. The van der Waals surface area contributed by atoms with Crippen LogP contribution in [0, 0.1) is 0 Å². The predicted molar refractivity (Wildman–Crippen MR) is 90.5 cm³/mol. The van der Waals surface area contributed by atoms with Crippen molar-refractivity contribution in [1.82, 2.24) is 5.32 Å². The number of nitrogens with one attached hydrogen (secondary N) is 2. The fraction of sp³-hybridized carbons (Fsp3) is 0.176. The Morgan fingerprint density at radius 2 is 1.59 bits per heavy atom. The van der Waals surface area contributed by atoms with E-state index in [1.54, 1.807) is 6.07 Å². The Labute approximate surface area is 138 Å². The van der Waals surface area contributed by atoms with Crippen molar-refractivity contribution < 1.29 is 9.59 Å². The highest BCUT2D eigenvalue weighted by atomic mass is 79.9. The topological polar surface area (TPSA) is 58.2 Å². The van der Waals surface area contributed by atoms with Gasteiger partial charge in [-0.3, -0.25) is 9.59 Å². The van der Waals surface area contributed by atoms with E-state index in [2.05, 4.69) is 26.6 Å². The van der Waals surface area contributed by atoms with E-state index in [0.29, 0.717) is 18.5 Å². The Hall–Kier alpha value is -2.14. The summed E-state index contributed by atoms with van der Waals surface area (Å²) in [4.78, 5) is 23.5. The number of anilines is 1. The van der Waals surface area contributed by atoms with Crippen molar-refractivity contribution >= 4 is 33.4 Å². The Bertz CT molecular complexity index is 644. The van der Waals surface area contributed by atoms with Crippen molar-refractivity contribution in [3.63, 3.8) is 0 Å². The van der Waals surface area contributed by atoms with Gasteiger partial charge < -0.3 is 10.6 Å². The summed E-state index contributed by atoms with van der Waals surface area (Å²) < 4.78 is 0.804. The quantitative estimate of drug-likeness (QED) is 0.831. The minimum atomic E-state index is -0.250. The van der Waals surface area contributed by atoms with Crippen molar-refractivity contribution in [2.75, 3.05) is 11.9 Å². The highest BCUT2D eigenvalue weighted by Crippen LogP contribution is 2.20. The molecule has 0 fully saturated rings. The van der Waals surface area contributed by atoms with Crippen LogP contribution < -0.4 is 10.6 Å². The van der Waals surface area contributed by atoms with Gasteiger partial charge in [0.2, 0.25) is 11.8 Å². The Morgan fingerprint density at radius 3 is 2.32 bits per heavy atom. The average Bonchev–Trinajstić information content (AvgIpc) is 2.54. The summed E-state index contributed by atoms with van der Waals surface area (Å²) in [5.41, 5.74) is 1.79. The molecule has 0 heterocycles. The van der Waals surface area contributed by atoms with Gasteiger partial charge in [0.05, 0.1) is 12.2 Å². The van der Waals surface area contributed by atoms with Gasteiger partial charge in [-0.25, -0.2) is 0 Å². The third-order valence-corrected chi connectivity index (χ3v) is 3.77. The highest BCUT2D eigenvalue weighted by Gasteiger charge is 2.07. The molecule has 2 aromatic carbocycles. The van der Waals surface area contributed by atoms with E-state index < -0.39 is 0 Å². The predicted octanol–water partition coefficient (Wildman–Crippen LogP) is 3.14. The number of hydrogen-bond acceptors (Lipinski definition) is 2. The van der Waals surface area contributed by atoms with E-state index in [0.717, 1.165) is 10.0 Å². The van der Waals surface area contributed by atoms with E-state index in [-0.39, 0.29) is 18.4 Å². The van der Waals surface area contributed by atoms with Crippen LogP contribution >= 0.6 is 15.9 Å². The lowest BCUT2D eigenvalue weighted by Gasteiger charge is -2.08. The molecule has 2 aromatic rings. The molecule has 0 radical (unpaired) electrons. The first kappa shape index (κ1) is 16.2. The summed E-state index contributed by atoms with van der Waals surface area (Å²) in [5.74, 6) is -0.383. The molecule has 0 aliphatic rings. The Balaban J connectivity index is 1.72. The molecule has 2 N–H and O–H groups in total. The van der Waals surface area contributed by atoms with Gasteiger partial charge in [0.25, 0.3) is 0 Å². The number of amides is 2. The zero-order chi connectivity index (χ0) is 15.8. The second-order valence-electron chi connectivity index (χ2n) is 4.79. The van der Waals surface area contributed by atoms with E-state index in [1.165, 1.54) is 0 Å². The number of benzene rings is 2. The molecule has 0 spiro atoms. The lowest BCUT2D eigenvalue weighted by molar-refractivity contribution is -0.124. The van der Waals surface area contributed by atoms with E-state index in [4.69, 9.17) is 0 Å². The smallest absolute Gasteiger partial charge is 0.243 e. The summed E-state index contributed by atoms with van der Waals surface area (Å²) in [6.45, 7) is -0.0328. The Morgan fingerprint density at radius 1 is 0.909 bits per heavy atom. The lowest BCUT2D eigenvalue weighted by atomic mass is 10.1. The van der Waals surface area contributed by atoms with Crippen molar-refractivity contribution in [1.29, 1.82) is 0 Å². The SMILES string of the molecule is O=C(CCc1ccccc1)NCC(=O)Nc1ccccc1Br. The maximum absolute atomic E-state index is 11.8. The molecule has 2 amide bonds. The van der Waals surface area contributed by atoms with Crippen LogP contribution in [0.1, 0.15) is 12.0 Å². The fourth-order valence-corrected chi connectivity index (χ4v) is 2.31. The number of hydrogen-bond donors (Lipinski definition) is 2. The van der Waals surface area contributed by atoms with Crippen LogP contribution in [-0.2, 0) is 16.0 Å². The van der Waals surface area contributed by atoms with Crippen LogP contribution in [0.15, 0.2) is 59.1 Å². The largest absolute Gasteiger partial charge is 0.347 e. The number of carbonyl (C=O) groups excluding carboxylic acids is 2. The summed E-state index contributed by atoms with van der Waals surface area (Å²) in [6.07, 6.45) is 1.03. The molecule has 0 aliphatic carbocycles. The van der Waals surface area contributed by atoms with E-state index in [1.807, 2.05) is 48.5 Å². The van der Waals surface area contributed by atoms with Gasteiger partial charge in [-0.1, -0.05) is 42.5 Å². The fourth-order valence-electron chi connectivity index (χ4n) is 1.93. The number of rotatable bonds is 6. The van der Waals surface area contributed by atoms with Crippen molar-refractivity contribution in [2.24, 2.45) is 0 Å². The van der Waals surface area contributed by atoms with Crippen LogP contribution in [-0.4, -0.2) is 18.4 Å². The van der Waals surface area contributed by atoms with Gasteiger partial charge >= 0.3 is 0 Å². The maximum atomic E-state index is 11.8. The van der Waals surface area contributed by atoms with Crippen molar-refractivity contribution in [3.8, 4) is 0 Å². The molecule has 2 rings (SSSR count). The third-order valence-electron chi connectivity index (χ3n) is 3.08. The molecule has 22 heavy (non-hydrogen) atoms. The molecule has 0 aromatic heterocycles. The number of para-hydroxylation sites is 1. The number of halogens is 1. The first-order chi connectivity index (χ1) is 10.6. The molecule has 0 aliphatic heterocycles. The molecule has 114 valence electrons. The Kier molecular flexibility index (Phi) is 6.15. The minimum Gasteiger partial charge on any atom is -0.347 e. The molecule has 0 unspecified atom stereocenters. The van der Waals surface area contributed by atoms with Gasteiger partial charge in [0.1, 0.15) is 0 Å². The van der Waals surface area contributed by atoms with Crippen LogP contribution in [0.25, 0.3) is 0 Å². The molecule has 0 bridgehead atoms. The zero-order valence-corrected chi connectivity index (χ0v) is 13.6. The summed E-state index contributed by atoms with van der Waals surface area (Å²) in [6, 6.07) is 17.1. The van der Waals surface area contributed by atoms with E-state index >= 15 is 0 Å². The maximum Gasteiger partial charge on any atom is 0.243 e. The standard InChI is InChI=1S/C17H17BrN2O2/c18-14-8-4-5-9-15(14)20-17(22)12-19-16(21)11-10-13-6-2-1-3-7-13/h1-9H,10-12H2,(H,19,21)(H,20,22). The van der Waals surface area contributed by atoms with Gasteiger partial charge in [-0.15, -0.1) is 0 Å². The molecular formula is C17H17BrN2O2. The molecule has 4 nitrogen and oxygen atoms in total. The number of carbonyl (C=O) groups is 2. The van der Waals surface area contributed by atoms with Gasteiger partial charge in [0, 0.05) is 10.9 Å². The molecular weight excluding hydrogens is 344 g/mol. The van der Waals surface area contributed by atoms with Crippen LogP contribution in [0.3, 0.4) is 0 Å². The highest BCUT2D eigenvalue weighted by molar-refractivity contribution is 9.10. The lowest BCUT2D eigenvalue weighted by Crippen LogP contribution is -2.33. The van der Waals surface area contributed by atoms with Crippen molar-refractivity contribution in [3.05, 3.63) is 64.6 Å². The van der Waals surface area contributed by atoms with Gasteiger partial charge in [-0.05, 0) is 40.0 Å². The minimum absolute atomic E-state index is 0.0328. The van der Waals surface area contributed by atoms with Gasteiger partial charge in [-0.2, -0.15) is 0 Å². The summed E-state index contributed by atoms with van der Waals surface area (Å²) >= 11 is 3.35. The summed E-state index contributed by atoms with van der Waals surface area (Å²) in [5, 5.41) is 5.36. The van der Waals surface area contributed by atoms with Crippen LogP contribution in [0.4, 0.5) is 5.69 Å². The molecule has 5 heteroatoms. The first-order valence-electron chi connectivity index (χ1n) is 7.00. The zero-order valence-electron chi connectivity index (χ0n) is 12.0. The second-order valence-corrected chi connectivity index (χ2v) is 5.64. The number of aryl methyl sites for hydroxylation is 1. The monoisotopic (exact) mass is 360 g/mol. The van der Waals surface area contributed by atoms with Crippen LogP contribution in [0.2, 0.25) is 0 Å². The molecule has 0 saturated carbocycles. The van der Waals surface area contributed by atoms with Gasteiger partial charge in [0.15, 0.2) is 0 Å². The van der Waals surface area contributed by atoms with Crippen molar-refractivity contribution in [2.45, 2.75) is 12.8 Å². The van der Waals surface area contributed by atoms with Crippen LogP contribution in [0.5, 0.6) is 0 Å². The molecule has 0 atom stereocenters. The molecule has 0 saturated heterocycles. The third kappa shape index (κ3) is 5.33.